The van der Waals surface area contributed by atoms with E-state index < -0.39 is 52.3 Å². The van der Waals surface area contributed by atoms with Gasteiger partial charge in [0, 0.05) is 23.3 Å². The Bertz CT molecular complexity index is 1860. The van der Waals surface area contributed by atoms with E-state index in [0.717, 1.165) is 17.7 Å². The van der Waals surface area contributed by atoms with Crippen molar-refractivity contribution in [2.24, 2.45) is 0 Å². The van der Waals surface area contributed by atoms with Crippen molar-refractivity contribution in [3.63, 3.8) is 0 Å². The highest BCUT2D eigenvalue weighted by molar-refractivity contribution is 5.74. The van der Waals surface area contributed by atoms with Gasteiger partial charge in [0.25, 0.3) is 0 Å². The first-order valence-electron chi connectivity index (χ1n) is 13.4. The van der Waals surface area contributed by atoms with Crippen LogP contribution >= 0.6 is 0 Å². The highest BCUT2D eigenvalue weighted by atomic mass is 19.3. The summed E-state index contributed by atoms with van der Waals surface area (Å²) in [6.07, 6.45) is -0.697. The largest absolute Gasteiger partial charge is 0.490 e. The van der Waals surface area contributed by atoms with Crippen LogP contribution in [-0.4, -0.2) is 6.61 Å². The van der Waals surface area contributed by atoms with Crippen molar-refractivity contribution in [3.05, 3.63) is 144 Å². The SMILES string of the molecule is CC=CCOc1ccc(-c2ccc(-c3ccc(-c4ccc(C(F)(F)Oc5cc(F)c(F)c(F)c5)c(F)c4)c(F)c3)c(F)c2)cc1. The minimum atomic E-state index is -4.42. The van der Waals surface area contributed by atoms with Crippen LogP contribution in [0.5, 0.6) is 11.5 Å². The summed E-state index contributed by atoms with van der Waals surface area (Å²) in [5.74, 6) is -8.87. The van der Waals surface area contributed by atoms with Crippen molar-refractivity contribution in [1.82, 2.24) is 0 Å². The molecule has 0 amide bonds. The van der Waals surface area contributed by atoms with Gasteiger partial charge in [0.1, 0.15) is 35.6 Å². The van der Waals surface area contributed by atoms with E-state index in [1.807, 2.05) is 19.1 Å². The molecule has 5 aromatic rings. The summed E-state index contributed by atoms with van der Waals surface area (Å²) in [7, 11) is 0. The Balaban J connectivity index is 1.35. The van der Waals surface area contributed by atoms with Crippen LogP contribution in [0.4, 0.5) is 35.1 Å². The second kappa shape index (κ2) is 12.9. The molecule has 0 saturated carbocycles. The summed E-state index contributed by atoms with van der Waals surface area (Å²) < 4.78 is 124. The summed E-state index contributed by atoms with van der Waals surface area (Å²) in [6, 6.07) is 17.8. The molecule has 0 aliphatic carbocycles. The zero-order valence-corrected chi connectivity index (χ0v) is 23.4. The first kappa shape index (κ1) is 31.3. The summed E-state index contributed by atoms with van der Waals surface area (Å²) >= 11 is 0. The fourth-order valence-corrected chi connectivity index (χ4v) is 4.54. The molecule has 0 aliphatic heterocycles. The van der Waals surface area contributed by atoms with Gasteiger partial charge in [-0.15, -0.1) is 0 Å². The summed E-state index contributed by atoms with van der Waals surface area (Å²) in [4.78, 5) is 0. The number of hydrogen-bond acceptors (Lipinski definition) is 2. The second-order valence-electron chi connectivity index (χ2n) is 9.81. The molecule has 230 valence electrons. The number of hydrogen-bond donors (Lipinski definition) is 0. The van der Waals surface area contributed by atoms with Gasteiger partial charge in [-0.25, -0.2) is 26.3 Å². The standard InChI is InChI=1S/C35H22F8O2/c1-2-3-14-44-24-9-4-20(5-10-24)21-6-11-26(29(36)15-21)22-7-12-27(30(37)16-22)23-8-13-28(31(38)17-23)35(42,43)45-25-18-32(39)34(41)33(40)19-25/h2-13,15-19H,14H2,1H3. The number of halogens is 8. The zero-order valence-electron chi connectivity index (χ0n) is 23.4. The van der Waals surface area contributed by atoms with Gasteiger partial charge in [0.2, 0.25) is 0 Å². The van der Waals surface area contributed by atoms with Crippen molar-refractivity contribution in [1.29, 1.82) is 0 Å². The molecular formula is C35H22F8O2. The van der Waals surface area contributed by atoms with Gasteiger partial charge in [-0.1, -0.05) is 54.6 Å². The van der Waals surface area contributed by atoms with E-state index >= 15 is 8.78 Å². The predicted molar refractivity (Wildman–Crippen MR) is 154 cm³/mol. The fraction of sp³-hybridized carbons (Fsp3) is 0.0857. The van der Waals surface area contributed by atoms with Crippen LogP contribution in [-0.2, 0) is 6.11 Å². The number of ether oxygens (including phenoxy) is 2. The molecule has 45 heavy (non-hydrogen) atoms. The molecular weight excluding hydrogens is 604 g/mol. The maximum absolute atomic E-state index is 15.2. The summed E-state index contributed by atoms with van der Waals surface area (Å²) in [6.45, 7) is 2.30. The third-order valence-electron chi connectivity index (χ3n) is 6.82. The molecule has 0 N–H and O–H groups in total. The monoisotopic (exact) mass is 626 g/mol. The summed E-state index contributed by atoms with van der Waals surface area (Å²) in [5.41, 5.74) is 0.00436. The normalized spacial score (nSPS) is 11.7. The molecule has 0 fully saturated rings. The molecule has 5 rings (SSSR count). The van der Waals surface area contributed by atoms with Gasteiger partial charge in [-0.05, 0) is 65.6 Å². The van der Waals surface area contributed by atoms with Crippen molar-refractivity contribution in [3.8, 4) is 44.9 Å². The van der Waals surface area contributed by atoms with Crippen LogP contribution in [0.1, 0.15) is 12.5 Å². The Labute approximate surface area is 252 Å². The molecule has 0 saturated heterocycles. The third-order valence-corrected chi connectivity index (χ3v) is 6.82. The van der Waals surface area contributed by atoms with Gasteiger partial charge in [-0.2, -0.15) is 8.78 Å². The Morgan fingerprint density at radius 1 is 0.556 bits per heavy atom. The number of rotatable bonds is 9. The van der Waals surface area contributed by atoms with E-state index in [1.54, 1.807) is 30.3 Å². The smallest absolute Gasteiger partial charge is 0.429 e. The second-order valence-corrected chi connectivity index (χ2v) is 9.81. The van der Waals surface area contributed by atoms with Crippen molar-refractivity contribution in [2.45, 2.75) is 13.0 Å². The lowest BCUT2D eigenvalue weighted by Gasteiger charge is -2.19. The topological polar surface area (TPSA) is 18.5 Å². The first-order valence-corrected chi connectivity index (χ1v) is 13.4. The maximum Gasteiger partial charge on any atom is 0.429 e. The molecule has 0 aliphatic rings. The van der Waals surface area contributed by atoms with Gasteiger partial charge in [-0.3, -0.25) is 0 Å². The Hall–Kier alpha value is -5.12. The van der Waals surface area contributed by atoms with Gasteiger partial charge in [0.15, 0.2) is 17.5 Å². The number of benzene rings is 5. The lowest BCUT2D eigenvalue weighted by molar-refractivity contribution is -0.187. The highest BCUT2D eigenvalue weighted by Crippen LogP contribution is 2.37. The van der Waals surface area contributed by atoms with Crippen molar-refractivity contribution < 1.29 is 44.6 Å². The zero-order chi connectivity index (χ0) is 32.3. The predicted octanol–water partition coefficient (Wildman–Crippen LogP) is 10.6. The molecule has 0 radical (unpaired) electrons. The van der Waals surface area contributed by atoms with Crippen molar-refractivity contribution >= 4 is 0 Å². The lowest BCUT2D eigenvalue weighted by Crippen LogP contribution is -2.23. The van der Waals surface area contributed by atoms with E-state index in [4.69, 9.17) is 4.74 Å². The average molecular weight is 627 g/mol. The molecule has 0 aromatic heterocycles. The van der Waals surface area contributed by atoms with E-state index in [0.29, 0.717) is 30.1 Å². The molecule has 10 heteroatoms. The van der Waals surface area contributed by atoms with Gasteiger partial charge >= 0.3 is 6.11 Å². The van der Waals surface area contributed by atoms with E-state index in [9.17, 15) is 26.3 Å². The molecule has 0 spiro atoms. The molecule has 0 unspecified atom stereocenters. The third kappa shape index (κ3) is 6.85. The van der Waals surface area contributed by atoms with Crippen molar-refractivity contribution in [2.75, 3.05) is 6.61 Å². The van der Waals surface area contributed by atoms with Crippen LogP contribution in [0.3, 0.4) is 0 Å². The molecule has 5 aromatic carbocycles. The van der Waals surface area contributed by atoms with E-state index in [2.05, 4.69) is 4.74 Å². The Kier molecular flexibility index (Phi) is 8.94. The van der Waals surface area contributed by atoms with E-state index in [-0.39, 0.29) is 34.4 Å². The van der Waals surface area contributed by atoms with Gasteiger partial charge < -0.3 is 9.47 Å². The molecule has 0 heterocycles. The minimum Gasteiger partial charge on any atom is -0.490 e. The molecule has 0 atom stereocenters. The van der Waals surface area contributed by atoms with Crippen LogP contribution in [0.15, 0.2) is 103 Å². The van der Waals surface area contributed by atoms with Gasteiger partial charge in [0.05, 0.1) is 5.56 Å². The first-order chi connectivity index (χ1) is 21.5. The maximum atomic E-state index is 15.2. The minimum absolute atomic E-state index is 0.0995. The quantitative estimate of drug-likeness (QED) is 0.0921. The molecule has 2 nitrogen and oxygen atoms in total. The van der Waals surface area contributed by atoms with E-state index in [1.165, 1.54) is 24.3 Å². The fourth-order valence-electron chi connectivity index (χ4n) is 4.54. The lowest BCUT2D eigenvalue weighted by atomic mass is 9.96. The Morgan fingerprint density at radius 3 is 1.62 bits per heavy atom. The average Bonchev–Trinajstić information content (AvgIpc) is 3.00. The number of alkyl halides is 2. The van der Waals surface area contributed by atoms with Crippen LogP contribution in [0.2, 0.25) is 0 Å². The summed E-state index contributed by atoms with van der Waals surface area (Å²) in [5, 5.41) is 0. The Morgan fingerprint density at radius 2 is 1.07 bits per heavy atom. The van der Waals surface area contributed by atoms with Crippen LogP contribution < -0.4 is 9.47 Å². The van der Waals surface area contributed by atoms with Crippen LogP contribution in [0.25, 0.3) is 33.4 Å². The highest BCUT2D eigenvalue weighted by Gasteiger charge is 2.38. The van der Waals surface area contributed by atoms with Crippen LogP contribution in [0, 0.1) is 34.9 Å². The number of allylic oxidation sites excluding steroid dienone is 1. The molecule has 0 bridgehead atoms.